The quantitative estimate of drug-likeness (QED) is 0.931. The van der Waals surface area contributed by atoms with Crippen molar-refractivity contribution in [2.24, 2.45) is 0 Å². The van der Waals surface area contributed by atoms with E-state index in [1.54, 1.807) is 0 Å². The highest BCUT2D eigenvalue weighted by Gasteiger charge is 2.54. The molecule has 0 aromatic heterocycles. The molecule has 25 heavy (non-hydrogen) atoms. The van der Waals surface area contributed by atoms with Crippen LogP contribution in [0.5, 0.6) is 0 Å². The van der Waals surface area contributed by atoms with Crippen molar-refractivity contribution in [2.75, 3.05) is 32.8 Å². The smallest absolute Gasteiger partial charge is 0.254 e. The van der Waals surface area contributed by atoms with Gasteiger partial charge in [0.15, 0.2) is 5.60 Å². The Hall–Kier alpha value is -2.17. The normalized spacial score (nSPS) is 26.7. The molecular formula is C21H24N2O2. The maximum atomic E-state index is 12.7. The van der Waals surface area contributed by atoms with Crippen LogP contribution in [0.4, 0.5) is 0 Å². The SMILES string of the molecule is O=C1NC[C@H](c2ccccc2)[C@@]12CN(CCc1ccccc1)CCO2. The van der Waals surface area contributed by atoms with Gasteiger partial charge in [0.1, 0.15) is 0 Å². The van der Waals surface area contributed by atoms with Gasteiger partial charge in [-0.15, -0.1) is 0 Å². The highest BCUT2D eigenvalue weighted by atomic mass is 16.5. The third-order valence-electron chi connectivity index (χ3n) is 5.40. The number of carbonyl (C=O) groups is 1. The van der Waals surface area contributed by atoms with E-state index in [1.165, 1.54) is 11.1 Å². The maximum absolute atomic E-state index is 12.7. The molecule has 1 N–H and O–H groups in total. The van der Waals surface area contributed by atoms with Crippen molar-refractivity contribution >= 4 is 5.91 Å². The number of carbonyl (C=O) groups excluding carboxylic acids is 1. The van der Waals surface area contributed by atoms with E-state index in [1.807, 2.05) is 24.3 Å². The molecule has 2 heterocycles. The van der Waals surface area contributed by atoms with Crippen LogP contribution < -0.4 is 5.32 Å². The van der Waals surface area contributed by atoms with Gasteiger partial charge < -0.3 is 10.1 Å². The van der Waals surface area contributed by atoms with Crippen LogP contribution in [0.3, 0.4) is 0 Å². The van der Waals surface area contributed by atoms with Gasteiger partial charge >= 0.3 is 0 Å². The van der Waals surface area contributed by atoms with Gasteiger partial charge in [-0.3, -0.25) is 9.69 Å². The summed E-state index contributed by atoms with van der Waals surface area (Å²) in [5.74, 6) is 0.103. The van der Waals surface area contributed by atoms with Crippen LogP contribution in [0.15, 0.2) is 60.7 Å². The highest BCUT2D eigenvalue weighted by Crippen LogP contribution is 2.38. The summed E-state index contributed by atoms with van der Waals surface area (Å²) in [6, 6.07) is 20.8. The number of morpholine rings is 1. The van der Waals surface area contributed by atoms with Crippen molar-refractivity contribution in [1.29, 1.82) is 0 Å². The Morgan fingerprint density at radius 1 is 1.08 bits per heavy atom. The lowest BCUT2D eigenvalue weighted by molar-refractivity contribution is -0.156. The Kier molecular flexibility index (Phi) is 4.55. The summed E-state index contributed by atoms with van der Waals surface area (Å²) < 4.78 is 6.13. The van der Waals surface area contributed by atoms with Crippen LogP contribution in [0.2, 0.25) is 0 Å². The van der Waals surface area contributed by atoms with E-state index >= 15 is 0 Å². The molecule has 0 aliphatic carbocycles. The molecule has 2 aliphatic heterocycles. The van der Waals surface area contributed by atoms with Crippen molar-refractivity contribution in [3.05, 3.63) is 71.8 Å². The molecule has 1 spiro atoms. The molecule has 2 aromatic carbocycles. The average Bonchev–Trinajstić information content (AvgIpc) is 2.97. The monoisotopic (exact) mass is 336 g/mol. The molecule has 0 radical (unpaired) electrons. The Morgan fingerprint density at radius 2 is 1.80 bits per heavy atom. The lowest BCUT2D eigenvalue weighted by Gasteiger charge is -2.42. The maximum Gasteiger partial charge on any atom is 0.254 e. The molecule has 0 saturated carbocycles. The van der Waals surface area contributed by atoms with Crippen molar-refractivity contribution in [1.82, 2.24) is 10.2 Å². The number of rotatable bonds is 4. The molecule has 1 amide bonds. The molecule has 4 nitrogen and oxygen atoms in total. The first-order chi connectivity index (χ1) is 12.3. The second-order valence-corrected chi connectivity index (χ2v) is 6.92. The van der Waals surface area contributed by atoms with Crippen LogP contribution in [0.25, 0.3) is 0 Å². The first kappa shape index (κ1) is 16.3. The second kappa shape index (κ2) is 6.98. The van der Waals surface area contributed by atoms with Crippen molar-refractivity contribution in [2.45, 2.75) is 17.9 Å². The fourth-order valence-electron chi connectivity index (χ4n) is 4.02. The summed E-state index contributed by atoms with van der Waals surface area (Å²) in [6.07, 6.45) is 0.995. The minimum Gasteiger partial charge on any atom is -0.362 e. The van der Waals surface area contributed by atoms with E-state index in [0.29, 0.717) is 19.7 Å². The molecule has 4 rings (SSSR count). The van der Waals surface area contributed by atoms with E-state index in [9.17, 15) is 4.79 Å². The number of amides is 1. The molecule has 2 saturated heterocycles. The zero-order valence-electron chi connectivity index (χ0n) is 14.4. The third-order valence-corrected chi connectivity index (χ3v) is 5.40. The molecule has 0 bridgehead atoms. The van der Waals surface area contributed by atoms with Gasteiger partial charge in [-0.05, 0) is 17.5 Å². The summed E-state index contributed by atoms with van der Waals surface area (Å²) in [7, 11) is 0. The van der Waals surface area contributed by atoms with Gasteiger partial charge in [-0.1, -0.05) is 60.7 Å². The zero-order chi connectivity index (χ0) is 17.1. The van der Waals surface area contributed by atoms with Gasteiger partial charge in [0.25, 0.3) is 5.91 Å². The Morgan fingerprint density at radius 3 is 2.56 bits per heavy atom. The van der Waals surface area contributed by atoms with Crippen LogP contribution in [0.1, 0.15) is 17.0 Å². The fraction of sp³-hybridized carbons (Fsp3) is 0.381. The minimum atomic E-state index is -0.754. The first-order valence-corrected chi connectivity index (χ1v) is 9.01. The number of nitrogens with zero attached hydrogens (tertiary/aromatic N) is 1. The van der Waals surface area contributed by atoms with Gasteiger partial charge in [-0.2, -0.15) is 0 Å². The van der Waals surface area contributed by atoms with Gasteiger partial charge in [-0.25, -0.2) is 0 Å². The first-order valence-electron chi connectivity index (χ1n) is 9.01. The molecule has 130 valence electrons. The summed E-state index contributed by atoms with van der Waals surface area (Å²) in [5, 5.41) is 3.03. The Bertz CT molecular complexity index is 719. The van der Waals surface area contributed by atoms with Crippen molar-refractivity contribution < 1.29 is 9.53 Å². The van der Waals surface area contributed by atoms with Gasteiger partial charge in [0.05, 0.1) is 6.61 Å². The lowest BCUT2D eigenvalue weighted by atomic mass is 9.83. The van der Waals surface area contributed by atoms with Crippen LogP contribution >= 0.6 is 0 Å². The fourth-order valence-corrected chi connectivity index (χ4v) is 4.02. The third kappa shape index (κ3) is 3.20. The number of hydrogen-bond donors (Lipinski definition) is 1. The van der Waals surface area contributed by atoms with Crippen LogP contribution in [-0.2, 0) is 16.0 Å². The molecule has 2 fully saturated rings. The number of benzene rings is 2. The number of nitrogens with one attached hydrogen (secondary N) is 1. The lowest BCUT2D eigenvalue weighted by Crippen LogP contribution is -2.58. The zero-order valence-corrected chi connectivity index (χ0v) is 14.4. The van der Waals surface area contributed by atoms with Crippen LogP contribution in [-0.4, -0.2) is 49.2 Å². The predicted molar refractivity (Wildman–Crippen MR) is 97.5 cm³/mol. The topological polar surface area (TPSA) is 41.6 Å². The average molecular weight is 336 g/mol. The van der Waals surface area contributed by atoms with Gasteiger partial charge in [0, 0.05) is 32.1 Å². The van der Waals surface area contributed by atoms with E-state index in [-0.39, 0.29) is 11.8 Å². The summed E-state index contributed by atoms with van der Waals surface area (Å²) in [6.45, 7) is 3.74. The van der Waals surface area contributed by atoms with Crippen LogP contribution in [0, 0.1) is 0 Å². The van der Waals surface area contributed by atoms with E-state index in [0.717, 1.165) is 19.5 Å². The van der Waals surface area contributed by atoms with Crippen molar-refractivity contribution in [3.8, 4) is 0 Å². The van der Waals surface area contributed by atoms with Gasteiger partial charge in [0.2, 0.25) is 0 Å². The summed E-state index contributed by atoms with van der Waals surface area (Å²) >= 11 is 0. The standard InChI is InChI=1S/C21H24N2O2/c24-20-21(19(15-22-20)18-9-5-2-6-10-18)16-23(13-14-25-21)12-11-17-7-3-1-4-8-17/h1-10,19H,11-16H2,(H,22,24)/t19-,21+/m1/s1. The molecule has 2 atom stereocenters. The number of ether oxygens (including phenoxy) is 1. The molecule has 2 aliphatic rings. The van der Waals surface area contributed by atoms with E-state index in [4.69, 9.17) is 4.74 Å². The Balaban J connectivity index is 1.50. The summed E-state index contributed by atoms with van der Waals surface area (Å²) in [5.41, 5.74) is 1.75. The number of hydrogen-bond acceptors (Lipinski definition) is 3. The molecular weight excluding hydrogens is 312 g/mol. The van der Waals surface area contributed by atoms with E-state index in [2.05, 4.69) is 46.6 Å². The second-order valence-electron chi connectivity index (χ2n) is 6.92. The minimum absolute atomic E-state index is 0.0331. The predicted octanol–water partition coefficient (Wildman–Crippen LogP) is 2.21. The Labute approximate surface area is 148 Å². The largest absolute Gasteiger partial charge is 0.362 e. The van der Waals surface area contributed by atoms with Crippen molar-refractivity contribution in [3.63, 3.8) is 0 Å². The molecule has 4 heteroatoms. The molecule has 0 unspecified atom stereocenters. The highest BCUT2D eigenvalue weighted by molar-refractivity contribution is 5.89. The summed E-state index contributed by atoms with van der Waals surface area (Å²) in [4.78, 5) is 15.1. The molecule has 2 aromatic rings. The van der Waals surface area contributed by atoms with E-state index < -0.39 is 5.60 Å².